The molecule has 1 aliphatic heterocycles. The zero-order valence-electron chi connectivity index (χ0n) is 14.4. The minimum Gasteiger partial charge on any atom is -0.464 e. The van der Waals surface area contributed by atoms with E-state index in [1.54, 1.807) is 4.90 Å². The monoisotopic (exact) mass is 371 g/mol. The Balaban J connectivity index is 2.23. The summed E-state index contributed by atoms with van der Waals surface area (Å²) < 4.78 is 42.9. The normalized spacial score (nSPS) is 14.9. The van der Waals surface area contributed by atoms with Gasteiger partial charge in [0.2, 0.25) is 11.5 Å². The molecule has 1 aromatic carbocycles. The van der Waals surface area contributed by atoms with Gasteiger partial charge in [0.05, 0.1) is 31.7 Å². The van der Waals surface area contributed by atoms with Crippen LogP contribution in [0.5, 0.6) is 0 Å². The van der Waals surface area contributed by atoms with Crippen LogP contribution in [0.2, 0.25) is 0 Å². The number of ketones is 1. The lowest BCUT2D eigenvalue weighted by molar-refractivity contribution is -0.133. The molecule has 0 saturated carbocycles. The van der Waals surface area contributed by atoms with E-state index in [2.05, 4.69) is 20.0 Å². The molecule has 142 valence electrons. The van der Waals surface area contributed by atoms with E-state index in [4.69, 9.17) is 4.74 Å². The highest BCUT2D eigenvalue weighted by Crippen LogP contribution is 2.27. The summed E-state index contributed by atoms with van der Waals surface area (Å²) >= 11 is 0. The number of anilines is 2. The van der Waals surface area contributed by atoms with Crippen molar-refractivity contribution in [1.29, 1.82) is 0 Å². The summed E-state index contributed by atoms with van der Waals surface area (Å²) in [5, 5.41) is 3.55. The van der Waals surface area contributed by atoms with Gasteiger partial charge in [0, 0.05) is 20.2 Å². The molecule has 1 fully saturated rings. The van der Waals surface area contributed by atoms with Crippen molar-refractivity contribution in [3.05, 3.63) is 23.8 Å². The molecule has 0 aliphatic carbocycles. The van der Waals surface area contributed by atoms with Crippen molar-refractivity contribution in [2.24, 2.45) is 5.10 Å². The standard InChI is InChI=1S/C16H19F2N3O5/c1-24-9-12(22)15(16(23)25-2)20-19-10-3-4-11(14(18)13(10)17)21-5-7-26-8-6-21/h3-4,19H,5-9H2,1-2H3. The lowest BCUT2D eigenvalue weighted by Gasteiger charge is -2.29. The molecule has 0 atom stereocenters. The summed E-state index contributed by atoms with van der Waals surface area (Å²) in [5.74, 6) is -4.03. The van der Waals surface area contributed by atoms with Gasteiger partial charge >= 0.3 is 5.97 Å². The van der Waals surface area contributed by atoms with Crippen molar-refractivity contribution in [1.82, 2.24) is 0 Å². The molecular weight excluding hydrogens is 352 g/mol. The molecule has 0 unspecified atom stereocenters. The molecule has 0 bridgehead atoms. The van der Waals surface area contributed by atoms with Crippen LogP contribution in [-0.2, 0) is 23.8 Å². The van der Waals surface area contributed by atoms with Gasteiger partial charge in [-0.15, -0.1) is 0 Å². The summed E-state index contributed by atoms with van der Waals surface area (Å²) in [5.41, 5.74) is 1.35. The van der Waals surface area contributed by atoms with E-state index in [1.807, 2.05) is 0 Å². The lowest BCUT2D eigenvalue weighted by atomic mass is 10.2. The Bertz CT molecular complexity index is 705. The number of halogens is 2. The van der Waals surface area contributed by atoms with Crippen molar-refractivity contribution in [3.8, 4) is 0 Å². The second-order valence-corrected chi connectivity index (χ2v) is 5.28. The van der Waals surface area contributed by atoms with Crippen LogP contribution in [0.1, 0.15) is 0 Å². The van der Waals surface area contributed by atoms with Crippen LogP contribution in [0.4, 0.5) is 20.2 Å². The van der Waals surface area contributed by atoms with E-state index in [0.29, 0.717) is 26.3 Å². The maximum Gasteiger partial charge on any atom is 0.362 e. The van der Waals surface area contributed by atoms with Gasteiger partial charge < -0.3 is 19.1 Å². The van der Waals surface area contributed by atoms with Crippen LogP contribution in [0.3, 0.4) is 0 Å². The number of rotatable bonds is 7. The molecule has 1 N–H and O–H groups in total. The van der Waals surface area contributed by atoms with Gasteiger partial charge in [-0.3, -0.25) is 10.2 Å². The Hall–Kier alpha value is -2.59. The molecule has 2 rings (SSSR count). The Morgan fingerprint density at radius 3 is 2.54 bits per heavy atom. The van der Waals surface area contributed by atoms with Crippen molar-refractivity contribution < 1.29 is 32.6 Å². The predicted molar refractivity (Wildman–Crippen MR) is 89.3 cm³/mol. The fourth-order valence-electron chi connectivity index (χ4n) is 2.31. The lowest BCUT2D eigenvalue weighted by Crippen LogP contribution is -2.36. The summed E-state index contributed by atoms with van der Waals surface area (Å²) in [7, 11) is 2.33. The minimum atomic E-state index is -1.18. The van der Waals surface area contributed by atoms with Crippen LogP contribution in [0.25, 0.3) is 0 Å². The van der Waals surface area contributed by atoms with Gasteiger partial charge in [-0.2, -0.15) is 5.10 Å². The Kier molecular flexibility index (Phi) is 6.98. The average Bonchev–Trinajstić information content (AvgIpc) is 2.66. The fraction of sp³-hybridized carbons (Fsp3) is 0.438. The minimum absolute atomic E-state index is 0.101. The first-order valence-electron chi connectivity index (χ1n) is 7.74. The third-order valence-corrected chi connectivity index (χ3v) is 3.62. The number of hydrazone groups is 1. The topological polar surface area (TPSA) is 89.5 Å². The summed E-state index contributed by atoms with van der Waals surface area (Å²) in [6, 6.07) is 2.65. The second kappa shape index (κ2) is 9.20. The van der Waals surface area contributed by atoms with Crippen molar-refractivity contribution in [3.63, 3.8) is 0 Å². The Morgan fingerprint density at radius 2 is 1.92 bits per heavy atom. The molecule has 0 aromatic heterocycles. The zero-order chi connectivity index (χ0) is 19.1. The Labute approximate surface area is 148 Å². The summed E-state index contributed by atoms with van der Waals surface area (Å²) in [6.07, 6.45) is 0. The van der Waals surface area contributed by atoms with E-state index in [1.165, 1.54) is 19.2 Å². The van der Waals surface area contributed by atoms with E-state index >= 15 is 0 Å². The van der Waals surface area contributed by atoms with E-state index in [-0.39, 0.29) is 11.4 Å². The number of nitrogens with one attached hydrogen (secondary N) is 1. The zero-order valence-corrected chi connectivity index (χ0v) is 14.4. The third kappa shape index (κ3) is 4.52. The molecule has 0 radical (unpaired) electrons. The number of ether oxygens (including phenoxy) is 3. The van der Waals surface area contributed by atoms with Gasteiger partial charge in [-0.25, -0.2) is 13.6 Å². The molecule has 0 spiro atoms. The summed E-state index contributed by atoms with van der Waals surface area (Å²) in [4.78, 5) is 25.1. The first-order chi connectivity index (χ1) is 12.5. The number of carbonyl (C=O) groups excluding carboxylic acids is 2. The van der Waals surface area contributed by atoms with Crippen molar-refractivity contribution in [2.75, 3.05) is 57.5 Å². The number of morpholine rings is 1. The Morgan fingerprint density at radius 1 is 1.23 bits per heavy atom. The number of methoxy groups -OCH3 is 2. The van der Waals surface area contributed by atoms with Crippen LogP contribution in [-0.4, -0.2) is 64.6 Å². The molecule has 0 amide bonds. The summed E-state index contributed by atoms with van der Waals surface area (Å²) in [6.45, 7) is 1.33. The molecule has 1 aromatic rings. The van der Waals surface area contributed by atoms with Crippen LogP contribution < -0.4 is 10.3 Å². The number of esters is 1. The van der Waals surface area contributed by atoms with Crippen molar-refractivity contribution in [2.45, 2.75) is 0 Å². The van der Waals surface area contributed by atoms with Gasteiger partial charge in [-0.05, 0) is 12.1 Å². The molecule has 1 aliphatic rings. The highest BCUT2D eigenvalue weighted by Gasteiger charge is 2.23. The number of carbonyl (C=O) groups is 2. The smallest absolute Gasteiger partial charge is 0.362 e. The van der Waals surface area contributed by atoms with E-state index in [0.717, 1.165) is 7.11 Å². The number of nitrogens with zero attached hydrogens (tertiary/aromatic N) is 2. The largest absolute Gasteiger partial charge is 0.464 e. The highest BCUT2D eigenvalue weighted by atomic mass is 19.2. The first kappa shape index (κ1) is 19.7. The molecule has 10 heteroatoms. The first-order valence-corrected chi connectivity index (χ1v) is 7.74. The van der Waals surface area contributed by atoms with Crippen LogP contribution >= 0.6 is 0 Å². The van der Waals surface area contributed by atoms with Gasteiger partial charge in [-0.1, -0.05) is 0 Å². The fourth-order valence-corrected chi connectivity index (χ4v) is 2.31. The highest BCUT2D eigenvalue weighted by molar-refractivity contribution is 6.64. The quantitative estimate of drug-likeness (QED) is 0.330. The second-order valence-electron chi connectivity index (χ2n) is 5.28. The maximum atomic E-state index is 14.4. The number of hydrogen-bond acceptors (Lipinski definition) is 8. The molecule has 1 saturated heterocycles. The molecular formula is C16H19F2N3O5. The van der Waals surface area contributed by atoms with Crippen LogP contribution in [0, 0.1) is 11.6 Å². The van der Waals surface area contributed by atoms with Crippen LogP contribution in [0.15, 0.2) is 17.2 Å². The third-order valence-electron chi connectivity index (χ3n) is 3.62. The number of hydrogen-bond donors (Lipinski definition) is 1. The molecule has 26 heavy (non-hydrogen) atoms. The number of Topliss-reactive ketones (excluding diaryl/α,β-unsaturated/α-hetero) is 1. The number of benzene rings is 1. The van der Waals surface area contributed by atoms with Gasteiger partial charge in [0.15, 0.2) is 11.6 Å². The van der Waals surface area contributed by atoms with Gasteiger partial charge in [0.25, 0.3) is 0 Å². The molecule has 8 nitrogen and oxygen atoms in total. The molecule has 1 heterocycles. The van der Waals surface area contributed by atoms with E-state index in [9.17, 15) is 18.4 Å². The van der Waals surface area contributed by atoms with Gasteiger partial charge in [0.1, 0.15) is 6.61 Å². The van der Waals surface area contributed by atoms with Crippen molar-refractivity contribution >= 4 is 28.8 Å². The predicted octanol–water partition coefficient (Wildman–Crippen LogP) is 0.958. The SMILES string of the molecule is COCC(=O)C(=NNc1ccc(N2CCOCC2)c(F)c1F)C(=O)OC. The van der Waals surface area contributed by atoms with E-state index < -0.39 is 35.7 Å². The maximum absolute atomic E-state index is 14.4. The average molecular weight is 371 g/mol.